The van der Waals surface area contributed by atoms with Gasteiger partial charge in [-0.3, -0.25) is 4.79 Å². The molecule has 4 aromatic rings. The highest BCUT2D eigenvalue weighted by Crippen LogP contribution is 2.28. The molecule has 0 spiro atoms. The molecule has 0 aliphatic heterocycles. The van der Waals surface area contributed by atoms with Gasteiger partial charge in [-0.05, 0) is 43.0 Å². The number of carbonyl (C=O) groups is 1. The fourth-order valence-electron chi connectivity index (χ4n) is 3.41. The summed E-state index contributed by atoms with van der Waals surface area (Å²) in [5, 5.41) is 3.07. The molecule has 140 valence electrons. The summed E-state index contributed by atoms with van der Waals surface area (Å²) >= 11 is 0. The highest BCUT2D eigenvalue weighted by molar-refractivity contribution is 5.95. The summed E-state index contributed by atoms with van der Waals surface area (Å²) < 4.78 is 2.02. The molecule has 28 heavy (non-hydrogen) atoms. The Hall–Kier alpha value is -3.40. The Morgan fingerprint density at radius 2 is 1.79 bits per heavy atom. The summed E-state index contributed by atoms with van der Waals surface area (Å²) in [7, 11) is 0. The minimum atomic E-state index is 0.0309. The molecule has 0 unspecified atom stereocenters. The highest BCUT2D eigenvalue weighted by Gasteiger charge is 2.12. The zero-order valence-corrected chi connectivity index (χ0v) is 15.9. The Morgan fingerprint density at radius 3 is 2.61 bits per heavy atom. The van der Waals surface area contributed by atoms with Crippen LogP contribution in [-0.2, 0) is 11.2 Å². The lowest BCUT2D eigenvalue weighted by Gasteiger charge is -2.09. The van der Waals surface area contributed by atoms with Crippen molar-refractivity contribution in [1.82, 2.24) is 9.38 Å². The SMILES string of the molecule is Cc1cccn2cc(-c3ccccc3NC(=O)CCCc3ccccc3)nc12. The lowest BCUT2D eigenvalue weighted by Crippen LogP contribution is -2.12. The summed E-state index contributed by atoms with van der Waals surface area (Å²) in [5.74, 6) is 0.0309. The standard InChI is InChI=1S/C24H23N3O/c1-18-9-8-16-27-17-22(26-24(18)27)20-13-5-6-14-21(20)25-23(28)15-7-12-19-10-3-2-4-11-19/h2-6,8-11,13-14,16-17H,7,12,15H2,1H3,(H,25,28). The maximum absolute atomic E-state index is 12.5. The molecule has 0 fully saturated rings. The van der Waals surface area contributed by atoms with Crippen LogP contribution in [0.3, 0.4) is 0 Å². The van der Waals surface area contributed by atoms with E-state index in [9.17, 15) is 4.79 Å². The van der Waals surface area contributed by atoms with Crippen molar-refractivity contribution in [2.75, 3.05) is 5.32 Å². The van der Waals surface area contributed by atoms with Crippen molar-refractivity contribution in [3.05, 3.63) is 90.3 Å². The van der Waals surface area contributed by atoms with Gasteiger partial charge in [0.25, 0.3) is 0 Å². The van der Waals surface area contributed by atoms with Crippen molar-refractivity contribution >= 4 is 17.2 Å². The lowest BCUT2D eigenvalue weighted by atomic mass is 10.1. The number of nitrogens with one attached hydrogen (secondary N) is 1. The first-order valence-electron chi connectivity index (χ1n) is 9.58. The van der Waals surface area contributed by atoms with E-state index in [-0.39, 0.29) is 5.91 Å². The number of hydrogen-bond acceptors (Lipinski definition) is 2. The molecule has 4 nitrogen and oxygen atoms in total. The number of hydrogen-bond donors (Lipinski definition) is 1. The van der Waals surface area contributed by atoms with E-state index in [0.717, 1.165) is 41.0 Å². The number of pyridine rings is 1. The van der Waals surface area contributed by atoms with Crippen LogP contribution in [0.5, 0.6) is 0 Å². The molecule has 0 aliphatic rings. The molecule has 2 heterocycles. The van der Waals surface area contributed by atoms with E-state index in [1.165, 1.54) is 5.56 Å². The van der Waals surface area contributed by atoms with Gasteiger partial charge in [0.2, 0.25) is 5.91 Å². The molecule has 2 aromatic heterocycles. The topological polar surface area (TPSA) is 46.4 Å². The van der Waals surface area contributed by atoms with Gasteiger partial charge in [-0.15, -0.1) is 0 Å². The van der Waals surface area contributed by atoms with Crippen molar-refractivity contribution in [2.45, 2.75) is 26.2 Å². The number of nitrogens with zero attached hydrogens (tertiary/aromatic N) is 2. The minimum Gasteiger partial charge on any atom is -0.325 e. The summed E-state index contributed by atoms with van der Waals surface area (Å²) in [4.78, 5) is 17.2. The Morgan fingerprint density at radius 1 is 1.00 bits per heavy atom. The van der Waals surface area contributed by atoms with E-state index < -0.39 is 0 Å². The van der Waals surface area contributed by atoms with Crippen molar-refractivity contribution in [3.63, 3.8) is 0 Å². The molecule has 1 amide bonds. The number of carbonyl (C=O) groups excluding carboxylic acids is 1. The molecule has 4 rings (SSSR count). The average Bonchev–Trinajstić information content (AvgIpc) is 3.15. The van der Waals surface area contributed by atoms with Crippen molar-refractivity contribution in [2.24, 2.45) is 0 Å². The molecule has 2 aromatic carbocycles. The third-order valence-corrected chi connectivity index (χ3v) is 4.87. The van der Waals surface area contributed by atoms with Crippen LogP contribution in [0.2, 0.25) is 0 Å². The highest BCUT2D eigenvalue weighted by atomic mass is 16.1. The van der Waals surface area contributed by atoms with Crippen LogP contribution in [0.15, 0.2) is 79.1 Å². The third kappa shape index (κ3) is 3.96. The van der Waals surface area contributed by atoms with Gasteiger partial charge < -0.3 is 9.72 Å². The maximum atomic E-state index is 12.5. The fourth-order valence-corrected chi connectivity index (χ4v) is 3.41. The van der Waals surface area contributed by atoms with Crippen LogP contribution in [0.4, 0.5) is 5.69 Å². The van der Waals surface area contributed by atoms with Gasteiger partial charge in [0, 0.05) is 24.4 Å². The fraction of sp³-hybridized carbons (Fsp3) is 0.167. The van der Waals surface area contributed by atoms with Gasteiger partial charge in [0.1, 0.15) is 5.65 Å². The summed E-state index contributed by atoms with van der Waals surface area (Å²) in [6, 6.07) is 22.1. The lowest BCUT2D eigenvalue weighted by molar-refractivity contribution is -0.116. The zero-order chi connectivity index (χ0) is 19.3. The number of imidazole rings is 1. The zero-order valence-electron chi connectivity index (χ0n) is 15.9. The van der Waals surface area contributed by atoms with Crippen molar-refractivity contribution in [3.8, 4) is 11.3 Å². The number of fused-ring (bicyclic) bond motifs is 1. The number of rotatable bonds is 6. The first-order chi connectivity index (χ1) is 13.7. The molecular weight excluding hydrogens is 346 g/mol. The molecule has 0 atom stereocenters. The first kappa shape index (κ1) is 18.0. The number of para-hydroxylation sites is 1. The van der Waals surface area contributed by atoms with Gasteiger partial charge in [-0.25, -0.2) is 4.98 Å². The van der Waals surface area contributed by atoms with Gasteiger partial charge in [0.15, 0.2) is 0 Å². The molecule has 1 N–H and O–H groups in total. The van der Waals surface area contributed by atoms with Crippen molar-refractivity contribution < 1.29 is 4.79 Å². The number of amides is 1. The van der Waals surface area contributed by atoms with E-state index >= 15 is 0 Å². The quantitative estimate of drug-likeness (QED) is 0.503. The number of aromatic nitrogens is 2. The normalized spacial score (nSPS) is 10.9. The van der Waals surface area contributed by atoms with Crippen LogP contribution >= 0.6 is 0 Å². The molecule has 4 heteroatoms. The molecule has 0 saturated heterocycles. The average molecular weight is 369 g/mol. The Bertz CT molecular complexity index is 1100. The Balaban J connectivity index is 1.48. The molecule has 0 saturated carbocycles. The minimum absolute atomic E-state index is 0.0309. The largest absolute Gasteiger partial charge is 0.325 e. The number of anilines is 1. The summed E-state index contributed by atoms with van der Waals surface area (Å²) in [6.07, 6.45) is 6.22. The second-order valence-electron chi connectivity index (χ2n) is 6.98. The smallest absolute Gasteiger partial charge is 0.224 e. The van der Waals surface area contributed by atoms with E-state index in [0.29, 0.717) is 6.42 Å². The second kappa shape index (κ2) is 8.09. The monoisotopic (exact) mass is 369 g/mol. The van der Waals surface area contributed by atoms with E-state index in [2.05, 4.69) is 17.4 Å². The van der Waals surface area contributed by atoms with Gasteiger partial charge in [-0.2, -0.15) is 0 Å². The van der Waals surface area contributed by atoms with E-state index in [4.69, 9.17) is 4.98 Å². The predicted molar refractivity (Wildman–Crippen MR) is 113 cm³/mol. The summed E-state index contributed by atoms with van der Waals surface area (Å²) in [5.41, 5.74) is 5.90. The van der Waals surface area contributed by atoms with Gasteiger partial charge >= 0.3 is 0 Å². The van der Waals surface area contributed by atoms with Crippen LogP contribution in [0.25, 0.3) is 16.9 Å². The second-order valence-corrected chi connectivity index (χ2v) is 6.98. The third-order valence-electron chi connectivity index (χ3n) is 4.87. The van der Waals surface area contributed by atoms with Crippen LogP contribution in [0.1, 0.15) is 24.0 Å². The van der Waals surface area contributed by atoms with Crippen LogP contribution < -0.4 is 5.32 Å². The molecule has 0 aliphatic carbocycles. The van der Waals surface area contributed by atoms with Crippen molar-refractivity contribution in [1.29, 1.82) is 0 Å². The Labute approximate surface area is 164 Å². The number of benzene rings is 2. The van der Waals surface area contributed by atoms with E-state index in [1.807, 2.05) is 78.3 Å². The molecular formula is C24H23N3O. The molecule has 0 radical (unpaired) electrons. The summed E-state index contributed by atoms with van der Waals surface area (Å²) in [6.45, 7) is 2.05. The van der Waals surface area contributed by atoms with Crippen LogP contribution in [0, 0.1) is 6.92 Å². The van der Waals surface area contributed by atoms with Crippen LogP contribution in [-0.4, -0.2) is 15.3 Å². The Kier molecular flexibility index (Phi) is 5.20. The first-order valence-corrected chi connectivity index (χ1v) is 9.58. The van der Waals surface area contributed by atoms with E-state index in [1.54, 1.807) is 0 Å². The molecule has 0 bridgehead atoms. The van der Waals surface area contributed by atoms with Gasteiger partial charge in [0.05, 0.1) is 11.4 Å². The predicted octanol–water partition coefficient (Wildman–Crippen LogP) is 5.27. The van der Waals surface area contributed by atoms with Gasteiger partial charge in [-0.1, -0.05) is 54.6 Å². The number of aryl methyl sites for hydroxylation is 2. The maximum Gasteiger partial charge on any atom is 0.224 e.